The van der Waals surface area contributed by atoms with E-state index in [1.165, 1.54) is 0 Å². The van der Waals surface area contributed by atoms with Gasteiger partial charge in [0.2, 0.25) is 5.91 Å². The summed E-state index contributed by atoms with van der Waals surface area (Å²) < 4.78 is 24.2. The number of nitrogens with one attached hydrogen (secondary N) is 2. The maximum atomic E-state index is 12.1. The van der Waals surface area contributed by atoms with Crippen molar-refractivity contribution in [1.82, 2.24) is 10.6 Å². The van der Waals surface area contributed by atoms with Gasteiger partial charge in [-0.15, -0.1) is 0 Å². The minimum Gasteiger partial charge on any atom is -0.352 e. The molecule has 1 aromatic carbocycles. The van der Waals surface area contributed by atoms with Gasteiger partial charge in [0.15, 0.2) is 9.84 Å². The second-order valence-electron chi connectivity index (χ2n) is 6.33. The molecule has 0 aliphatic carbocycles. The first kappa shape index (κ1) is 17.9. The number of aryl methyl sites for hydroxylation is 1. The van der Waals surface area contributed by atoms with Crippen molar-refractivity contribution in [3.63, 3.8) is 0 Å². The van der Waals surface area contributed by atoms with E-state index in [-0.39, 0.29) is 17.7 Å². The smallest absolute Gasteiger partial charge is 0.235 e. The van der Waals surface area contributed by atoms with Gasteiger partial charge in [-0.25, -0.2) is 8.42 Å². The summed E-state index contributed by atoms with van der Waals surface area (Å²) in [7, 11) is -3.35. The number of benzene rings is 1. The van der Waals surface area contributed by atoms with Gasteiger partial charge in [-0.1, -0.05) is 37.3 Å². The molecule has 0 radical (unpaired) electrons. The summed E-state index contributed by atoms with van der Waals surface area (Å²) in [4.78, 5) is 12.0. The fourth-order valence-electron chi connectivity index (χ4n) is 2.89. The Labute approximate surface area is 138 Å². The SMILES string of the molecule is CC1CNCCC1NC(=O)CS(=O)(=O)CCCc1ccccc1. The van der Waals surface area contributed by atoms with Crippen molar-refractivity contribution in [3.05, 3.63) is 35.9 Å². The Kier molecular flexibility index (Phi) is 6.59. The lowest BCUT2D eigenvalue weighted by molar-refractivity contribution is -0.119. The second kappa shape index (κ2) is 8.45. The van der Waals surface area contributed by atoms with E-state index in [1.54, 1.807) is 0 Å². The highest BCUT2D eigenvalue weighted by Crippen LogP contribution is 2.10. The number of amides is 1. The van der Waals surface area contributed by atoms with Gasteiger partial charge in [0.1, 0.15) is 5.75 Å². The van der Waals surface area contributed by atoms with Crippen LogP contribution in [0.3, 0.4) is 0 Å². The summed E-state index contributed by atoms with van der Waals surface area (Å²) in [5.74, 6) is -0.396. The quantitative estimate of drug-likeness (QED) is 0.782. The topological polar surface area (TPSA) is 75.3 Å². The van der Waals surface area contributed by atoms with Crippen LogP contribution in [0.25, 0.3) is 0 Å². The molecule has 1 aliphatic heterocycles. The minimum atomic E-state index is -3.35. The molecule has 0 saturated carbocycles. The number of piperidine rings is 1. The number of hydrogen-bond donors (Lipinski definition) is 2. The molecule has 1 aromatic rings. The second-order valence-corrected chi connectivity index (χ2v) is 8.51. The molecule has 2 atom stereocenters. The van der Waals surface area contributed by atoms with Crippen LogP contribution in [-0.4, -0.2) is 45.0 Å². The standard InChI is InChI=1S/C17H26N2O3S/c1-14-12-18-10-9-16(14)19-17(20)13-23(21,22)11-5-8-15-6-3-2-4-7-15/h2-4,6-7,14,16,18H,5,8-13H2,1H3,(H,19,20). The molecule has 1 aliphatic rings. The molecule has 5 nitrogen and oxygen atoms in total. The van der Waals surface area contributed by atoms with E-state index in [4.69, 9.17) is 0 Å². The maximum absolute atomic E-state index is 12.1. The highest BCUT2D eigenvalue weighted by Gasteiger charge is 2.24. The van der Waals surface area contributed by atoms with Crippen LogP contribution >= 0.6 is 0 Å². The zero-order valence-electron chi connectivity index (χ0n) is 13.6. The van der Waals surface area contributed by atoms with Gasteiger partial charge in [0.25, 0.3) is 0 Å². The van der Waals surface area contributed by atoms with Crippen molar-refractivity contribution in [2.75, 3.05) is 24.6 Å². The molecule has 2 unspecified atom stereocenters. The molecule has 0 spiro atoms. The fraction of sp³-hybridized carbons (Fsp3) is 0.588. The third-order valence-corrected chi connectivity index (χ3v) is 5.86. The normalized spacial score (nSPS) is 21.8. The number of hydrogen-bond acceptors (Lipinski definition) is 4. The van der Waals surface area contributed by atoms with E-state index in [0.717, 1.165) is 25.1 Å². The lowest BCUT2D eigenvalue weighted by Crippen LogP contribution is -2.49. The van der Waals surface area contributed by atoms with Crippen molar-refractivity contribution < 1.29 is 13.2 Å². The summed E-state index contributed by atoms with van der Waals surface area (Å²) in [6.07, 6.45) is 2.11. The monoisotopic (exact) mass is 338 g/mol. The number of carbonyl (C=O) groups is 1. The zero-order valence-corrected chi connectivity index (χ0v) is 14.4. The van der Waals surface area contributed by atoms with Gasteiger partial charge in [-0.05, 0) is 43.8 Å². The molecule has 6 heteroatoms. The Morgan fingerprint density at radius 1 is 1.30 bits per heavy atom. The molecule has 1 heterocycles. The van der Waals surface area contributed by atoms with Gasteiger partial charge in [-0.3, -0.25) is 4.79 Å². The van der Waals surface area contributed by atoms with Crippen molar-refractivity contribution in [3.8, 4) is 0 Å². The predicted molar refractivity (Wildman–Crippen MR) is 92.0 cm³/mol. The average Bonchev–Trinajstić information content (AvgIpc) is 2.50. The summed E-state index contributed by atoms with van der Waals surface area (Å²) in [5.41, 5.74) is 1.12. The van der Waals surface area contributed by atoms with Crippen molar-refractivity contribution in [2.45, 2.75) is 32.2 Å². The summed E-state index contributed by atoms with van der Waals surface area (Å²) in [5, 5.41) is 6.13. The van der Waals surface area contributed by atoms with Crippen molar-refractivity contribution in [1.29, 1.82) is 0 Å². The fourth-order valence-corrected chi connectivity index (χ4v) is 4.10. The molecule has 128 valence electrons. The molecule has 23 heavy (non-hydrogen) atoms. The molecular formula is C17H26N2O3S. The van der Waals surface area contributed by atoms with Gasteiger partial charge in [-0.2, -0.15) is 0 Å². The van der Waals surface area contributed by atoms with Crippen LogP contribution in [-0.2, 0) is 21.1 Å². The largest absolute Gasteiger partial charge is 0.352 e. The summed E-state index contributed by atoms with van der Waals surface area (Å²) >= 11 is 0. The van der Waals surface area contributed by atoms with Crippen LogP contribution in [0.5, 0.6) is 0 Å². The zero-order chi connectivity index (χ0) is 16.7. The molecule has 1 amide bonds. The molecule has 2 rings (SSSR count). The number of rotatable bonds is 7. The summed E-state index contributed by atoms with van der Waals surface area (Å²) in [6, 6.07) is 9.86. The highest BCUT2D eigenvalue weighted by molar-refractivity contribution is 7.92. The van der Waals surface area contributed by atoms with Crippen molar-refractivity contribution >= 4 is 15.7 Å². The molecule has 0 aromatic heterocycles. The Balaban J connectivity index is 1.75. The van der Waals surface area contributed by atoms with Gasteiger partial charge in [0.05, 0.1) is 5.75 Å². The molecule has 1 saturated heterocycles. The first-order chi connectivity index (χ1) is 11.0. The average molecular weight is 338 g/mol. The lowest BCUT2D eigenvalue weighted by Gasteiger charge is -2.30. The van der Waals surface area contributed by atoms with Gasteiger partial charge < -0.3 is 10.6 Å². The Morgan fingerprint density at radius 3 is 2.74 bits per heavy atom. The Morgan fingerprint density at radius 2 is 2.04 bits per heavy atom. The van der Waals surface area contributed by atoms with E-state index in [2.05, 4.69) is 17.6 Å². The predicted octanol–water partition coefficient (Wildman–Crippen LogP) is 1.15. The molecular weight excluding hydrogens is 312 g/mol. The highest BCUT2D eigenvalue weighted by atomic mass is 32.2. The molecule has 0 bridgehead atoms. The molecule has 1 fully saturated rings. The number of carbonyl (C=O) groups excluding carboxylic acids is 1. The molecule has 2 N–H and O–H groups in total. The van der Waals surface area contributed by atoms with Crippen LogP contribution < -0.4 is 10.6 Å². The Bertz CT molecular complexity index is 602. The Hall–Kier alpha value is -1.40. The van der Waals surface area contributed by atoms with E-state index in [1.807, 2.05) is 30.3 Å². The minimum absolute atomic E-state index is 0.0527. The van der Waals surface area contributed by atoms with Gasteiger partial charge >= 0.3 is 0 Å². The van der Waals surface area contributed by atoms with Crippen LogP contribution in [0, 0.1) is 5.92 Å². The van der Waals surface area contributed by atoms with E-state index < -0.39 is 15.6 Å². The van der Waals surface area contributed by atoms with Crippen LogP contribution in [0.4, 0.5) is 0 Å². The summed E-state index contributed by atoms with van der Waals surface area (Å²) in [6.45, 7) is 3.78. The van der Waals surface area contributed by atoms with Crippen LogP contribution in [0.1, 0.15) is 25.3 Å². The third kappa shape index (κ3) is 6.31. The van der Waals surface area contributed by atoms with Crippen LogP contribution in [0.15, 0.2) is 30.3 Å². The van der Waals surface area contributed by atoms with E-state index in [0.29, 0.717) is 18.8 Å². The van der Waals surface area contributed by atoms with E-state index >= 15 is 0 Å². The maximum Gasteiger partial charge on any atom is 0.235 e. The van der Waals surface area contributed by atoms with E-state index in [9.17, 15) is 13.2 Å². The van der Waals surface area contributed by atoms with Crippen molar-refractivity contribution in [2.24, 2.45) is 5.92 Å². The first-order valence-electron chi connectivity index (χ1n) is 8.21. The number of sulfone groups is 1. The van der Waals surface area contributed by atoms with Crippen LogP contribution in [0.2, 0.25) is 0 Å². The van der Waals surface area contributed by atoms with Gasteiger partial charge in [0, 0.05) is 6.04 Å². The first-order valence-corrected chi connectivity index (χ1v) is 10.0. The third-order valence-electron chi connectivity index (χ3n) is 4.25. The lowest BCUT2D eigenvalue weighted by atomic mass is 9.95.